The fourth-order valence-corrected chi connectivity index (χ4v) is 2.40. The van der Waals surface area contributed by atoms with Crippen molar-refractivity contribution >= 4 is 12.4 Å². The van der Waals surface area contributed by atoms with E-state index in [9.17, 15) is 4.39 Å². The third-order valence-corrected chi connectivity index (χ3v) is 3.63. The zero-order valence-electron chi connectivity index (χ0n) is 12.7. The van der Waals surface area contributed by atoms with E-state index in [0.29, 0.717) is 0 Å². The molecule has 118 valence electrons. The number of nitrogens with one attached hydrogen (secondary N) is 1. The highest BCUT2D eigenvalue weighted by Gasteiger charge is 1.98. The van der Waals surface area contributed by atoms with Gasteiger partial charge in [0.15, 0.2) is 0 Å². The molecule has 3 heteroatoms. The zero-order valence-corrected chi connectivity index (χ0v) is 13.5. The van der Waals surface area contributed by atoms with Gasteiger partial charge in [-0.25, -0.2) is 4.39 Å². The first-order valence-electron chi connectivity index (χ1n) is 7.41. The molecule has 0 aliphatic carbocycles. The average molecular weight is 328 g/mol. The van der Waals surface area contributed by atoms with Crippen molar-refractivity contribution in [3.05, 3.63) is 95.8 Å². The van der Waals surface area contributed by atoms with Gasteiger partial charge in [-0.2, -0.15) is 0 Å². The second-order valence-corrected chi connectivity index (χ2v) is 5.29. The molecular formula is C20H19ClFN. The molecule has 1 N–H and O–H groups in total. The van der Waals surface area contributed by atoms with Gasteiger partial charge in [0.25, 0.3) is 0 Å². The molecule has 0 fully saturated rings. The van der Waals surface area contributed by atoms with Gasteiger partial charge in [-0.3, -0.25) is 0 Å². The van der Waals surface area contributed by atoms with Crippen molar-refractivity contribution < 1.29 is 4.39 Å². The van der Waals surface area contributed by atoms with Gasteiger partial charge >= 0.3 is 0 Å². The Kier molecular flexibility index (Phi) is 6.33. The third kappa shape index (κ3) is 4.92. The second-order valence-electron chi connectivity index (χ2n) is 5.29. The minimum atomic E-state index is -0.194. The predicted octanol–water partition coefficient (Wildman–Crippen LogP) is 5.20. The highest BCUT2D eigenvalue weighted by Crippen LogP contribution is 2.19. The largest absolute Gasteiger partial charge is 0.309 e. The van der Waals surface area contributed by atoms with Crippen LogP contribution in [-0.2, 0) is 13.1 Å². The molecule has 3 rings (SSSR count). The SMILES string of the molecule is Cl.Fc1ccc(CNCc2ccc(-c3ccccc3)cc2)cc1. The van der Waals surface area contributed by atoms with Crippen LogP contribution in [0.25, 0.3) is 11.1 Å². The second kappa shape index (κ2) is 8.47. The number of benzene rings is 3. The van der Waals surface area contributed by atoms with Crippen molar-refractivity contribution in [2.45, 2.75) is 13.1 Å². The fourth-order valence-electron chi connectivity index (χ4n) is 2.40. The molecule has 0 aliphatic rings. The summed E-state index contributed by atoms with van der Waals surface area (Å²) in [5.74, 6) is -0.194. The number of hydrogen-bond donors (Lipinski definition) is 1. The molecule has 3 aromatic carbocycles. The Balaban J connectivity index is 0.00000192. The molecule has 0 saturated heterocycles. The molecule has 0 aromatic heterocycles. The molecule has 0 unspecified atom stereocenters. The molecule has 23 heavy (non-hydrogen) atoms. The molecule has 0 atom stereocenters. The third-order valence-electron chi connectivity index (χ3n) is 3.63. The van der Waals surface area contributed by atoms with E-state index in [-0.39, 0.29) is 18.2 Å². The van der Waals surface area contributed by atoms with Crippen LogP contribution in [0.15, 0.2) is 78.9 Å². The van der Waals surface area contributed by atoms with Crippen LogP contribution in [0.1, 0.15) is 11.1 Å². The summed E-state index contributed by atoms with van der Waals surface area (Å²) in [5, 5.41) is 3.37. The van der Waals surface area contributed by atoms with Crippen LogP contribution in [0.4, 0.5) is 4.39 Å². The van der Waals surface area contributed by atoms with Gasteiger partial charge in [-0.05, 0) is 34.4 Å². The van der Waals surface area contributed by atoms with E-state index in [0.717, 1.165) is 18.7 Å². The zero-order chi connectivity index (χ0) is 15.2. The van der Waals surface area contributed by atoms with Crippen molar-refractivity contribution in [2.75, 3.05) is 0 Å². The lowest BCUT2D eigenvalue weighted by Gasteiger charge is -2.07. The van der Waals surface area contributed by atoms with Crippen molar-refractivity contribution in [1.29, 1.82) is 0 Å². The van der Waals surface area contributed by atoms with Gasteiger partial charge in [0.05, 0.1) is 0 Å². The summed E-state index contributed by atoms with van der Waals surface area (Å²) in [6.07, 6.45) is 0. The molecule has 3 aromatic rings. The van der Waals surface area contributed by atoms with Crippen molar-refractivity contribution in [1.82, 2.24) is 5.32 Å². The Morgan fingerprint density at radius 2 is 1.09 bits per heavy atom. The summed E-state index contributed by atoms with van der Waals surface area (Å²) in [6, 6.07) is 25.5. The molecule has 0 heterocycles. The lowest BCUT2D eigenvalue weighted by atomic mass is 10.0. The summed E-state index contributed by atoms with van der Waals surface area (Å²) in [5.41, 5.74) is 4.78. The van der Waals surface area contributed by atoms with E-state index in [1.165, 1.54) is 28.8 Å². The summed E-state index contributed by atoms with van der Waals surface area (Å²) in [4.78, 5) is 0. The van der Waals surface area contributed by atoms with E-state index >= 15 is 0 Å². The monoisotopic (exact) mass is 327 g/mol. The minimum Gasteiger partial charge on any atom is -0.309 e. The predicted molar refractivity (Wildman–Crippen MR) is 96.1 cm³/mol. The highest BCUT2D eigenvalue weighted by molar-refractivity contribution is 5.85. The molecule has 0 aliphatic heterocycles. The number of hydrogen-bond acceptors (Lipinski definition) is 1. The lowest BCUT2D eigenvalue weighted by molar-refractivity contribution is 0.625. The van der Waals surface area contributed by atoms with Crippen LogP contribution < -0.4 is 5.32 Å². The Hall–Kier alpha value is -2.16. The summed E-state index contributed by atoms with van der Waals surface area (Å²) in [6.45, 7) is 1.53. The van der Waals surface area contributed by atoms with Crippen LogP contribution in [0, 0.1) is 5.82 Å². The molecule has 0 saturated carbocycles. The van der Waals surface area contributed by atoms with Crippen LogP contribution in [0.5, 0.6) is 0 Å². The van der Waals surface area contributed by atoms with Crippen LogP contribution >= 0.6 is 12.4 Å². The Morgan fingerprint density at radius 1 is 0.609 bits per heavy atom. The standard InChI is InChI=1S/C20H18FN.ClH/c21-20-12-8-17(9-13-20)15-22-14-16-6-10-19(11-7-16)18-4-2-1-3-5-18;/h1-13,22H,14-15H2;1H. The first kappa shape index (κ1) is 17.2. The molecule has 0 bridgehead atoms. The molecule has 1 nitrogen and oxygen atoms in total. The maximum Gasteiger partial charge on any atom is 0.123 e. The Morgan fingerprint density at radius 3 is 1.65 bits per heavy atom. The van der Waals surface area contributed by atoms with Crippen molar-refractivity contribution in [2.24, 2.45) is 0 Å². The van der Waals surface area contributed by atoms with E-state index in [4.69, 9.17) is 0 Å². The normalized spacial score (nSPS) is 10.1. The quantitative estimate of drug-likeness (QED) is 0.678. The molecule has 0 radical (unpaired) electrons. The summed E-state index contributed by atoms with van der Waals surface area (Å²) < 4.78 is 12.8. The van der Waals surface area contributed by atoms with Gasteiger partial charge in [0.1, 0.15) is 5.82 Å². The maximum absolute atomic E-state index is 12.8. The Labute approximate surface area is 142 Å². The lowest BCUT2D eigenvalue weighted by Crippen LogP contribution is -2.12. The highest BCUT2D eigenvalue weighted by atomic mass is 35.5. The van der Waals surface area contributed by atoms with Crippen molar-refractivity contribution in [3.8, 4) is 11.1 Å². The minimum absolute atomic E-state index is 0. The molecular weight excluding hydrogens is 309 g/mol. The summed E-state index contributed by atoms with van der Waals surface area (Å²) >= 11 is 0. The summed E-state index contributed by atoms with van der Waals surface area (Å²) in [7, 11) is 0. The van der Waals surface area contributed by atoms with Crippen molar-refractivity contribution in [3.63, 3.8) is 0 Å². The van der Waals surface area contributed by atoms with Gasteiger partial charge < -0.3 is 5.32 Å². The number of halogens is 2. The molecule has 0 spiro atoms. The first-order chi connectivity index (χ1) is 10.8. The van der Waals surface area contributed by atoms with E-state index in [1.807, 2.05) is 18.2 Å². The fraction of sp³-hybridized carbons (Fsp3) is 0.100. The van der Waals surface area contributed by atoms with E-state index < -0.39 is 0 Å². The smallest absolute Gasteiger partial charge is 0.123 e. The first-order valence-corrected chi connectivity index (χ1v) is 7.41. The van der Waals surface area contributed by atoms with E-state index in [1.54, 1.807) is 12.1 Å². The number of rotatable bonds is 5. The topological polar surface area (TPSA) is 12.0 Å². The molecule has 0 amide bonds. The maximum atomic E-state index is 12.8. The van der Waals surface area contributed by atoms with Gasteiger partial charge in [-0.15, -0.1) is 12.4 Å². The van der Waals surface area contributed by atoms with Gasteiger partial charge in [-0.1, -0.05) is 66.7 Å². The van der Waals surface area contributed by atoms with Crippen LogP contribution in [-0.4, -0.2) is 0 Å². The Bertz CT molecular complexity index is 709. The van der Waals surface area contributed by atoms with Crippen LogP contribution in [0.2, 0.25) is 0 Å². The van der Waals surface area contributed by atoms with Gasteiger partial charge in [0, 0.05) is 13.1 Å². The van der Waals surface area contributed by atoms with Gasteiger partial charge in [0.2, 0.25) is 0 Å². The average Bonchev–Trinajstić information content (AvgIpc) is 2.58. The van der Waals surface area contributed by atoms with E-state index in [2.05, 4.69) is 41.7 Å². The van der Waals surface area contributed by atoms with Crippen LogP contribution in [0.3, 0.4) is 0 Å².